The van der Waals surface area contributed by atoms with E-state index in [0.29, 0.717) is 18.1 Å². The van der Waals surface area contributed by atoms with Gasteiger partial charge in [-0.1, -0.05) is 5.16 Å². The number of rotatable bonds is 5. The van der Waals surface area contributed by atoms with Crippen LogP contribution in [0.2, 0.25) is 0 Å². The van der Waals surface area contributed by atoms with Crippen molar-refractivity contribution in [3.8, 4) is 11.5 Å². The quantitative estimate of drug-likeness (QED) is 0.353. The van der Waals surface area contributed by atoms with Crippen molar-refractivity contribution in [2.45, 2.75) is 6.10 Å². The van der Waals surface area contributed by atoms with E-state index in [1.165, 1.54) is 6.21 Å². The fourth-order valence-corrected chi connectivity index (χ4v) is 1.30. The summed E-state index contributed by atoms with van der Waals surface area (Å²) in [4.78, 5) is 0. The minimum Gasteiger partial charge on any atom is -0.493 e. The van der Waals surface area contributed by atoms with Gasteiger partial charge >= 0.3 is 0 Å². The maximum Gasteiger partial charge on any atom is 0.161 e. The molecule has 86 valence electrons. The first-order valence-electron chi connectivity index (χ1n) is 4.93. The van der Waals surface area contributed by atoms with Crippen LogP contribution in [0, 0.1) is 0 Å². The molecule has 16 heavy (non-hydrogen) atoms. The summed E-state index contributed by atoms with van der Waals surface area (Å²) >= 11 is 0. The van der Waals surface area contributed by atoms with Crippen LogP contribution in [-0.2, 0) is 4.74 Å². The normalized spacial score (nSPS) is 18.7. The van der Waals surface area contributed by atoms with E-state index in [1.54, 1.807) is 25.3 Å². The van der Waals surface area contributed by atoms with Crippen molar-refractivity contribution >= 4 is 6.21 Å². The van der Waals surface area contributed by atoms with E-state index in [2.05, 4.69) is 5.16 Å². The van der Waals surface area contributed by atoms with Gasteiger partial charge in [-0.2, -0.15) is 0 Å². The molecule has 0 aromatic heterocycles. The van der Waals surface area contributed by atoms with Crippen LogP contribution in [-0.4, -0.2) is 37.8 Å². The van der Waals surface area contributed by atoms with Crippen LogP contribution in [0.25, 0.3) is 0 Å². The van der Waals surface area contributed by atoms with Gasteiger partial charge in [0.25, 0.3) is 0 Å². The minimum absolute atomic E-state index is 0.211. The molecule has 1 aromatic rings. The number of benzene rings is 1. The van der Waals surface area contributed by atoms with E-state index in [9.17, 15) is 0 Å². The van der Waals surface area contributed by atoms with E-state index in [0.717, 1.165) is 12.2 Å². The zero-order chi connectivity index (χ0) is 11.4. The molecule has 1 atom stereocenters. The van der Waals surface area contributed by atoms with Gasteiger partial charge < -0.3 is 19.4 Å². The third-order valence-corrected chi connectivity index (χ3v) is 2.22. The fourth-order valence-electron chi connectivity index (χ4n) is 1.30. The molecule has 1 aliphatic rings. The second-order valence-electron chi connectivity index (χ2n) is 3.42. The summed E-state index contributed by atoms with van der Waals surface area (Å²) in [5, 5.41) is 11.4. The average Bonchev–Trinajstić information content (AvgIpc) is 3.11. The molecule has 1 saturated heterocycles. The Balaban J connectivity index is 2.09. The molecule has 0 aliphatic carbocycles. The first kappa shape index (κ1) is 10.8. The first-order valence-corrected chi connectivity index (χ1v) is 4.93. The summed E-state index contributed by atoms with van der Waals surface area (Å²) in [6.07, 6.45) is 1.54. The second kappa shape index (κ2) is 4.85. The maximum atomic E-state index is 8.42. The summed E-state index contributed by atoms with van der Waals surface area (Å²) in [5.74, 6) is 1.27. The minimum atomic E-state index is 0.211. The van der Waals surface area contributed by atoms with Gasteiger partial charge in [0.15, 0.2) is 11.5 Å². The Labute approximate surface area is 93.2 Å². The third kappa shape index (κ3) is 2.64. The summed E-state index contributed by atoms with van der Waals surface area (Å²) in [5.41, 5.74) is 0.745. The maximum absolute atomic E-state index is 8.42. The number of epoxide rings is 1. The first-order chi connectivity index (χ1) is 7.83. The molecule has 1 aromatic carbocycles. The number of nitrogens with zero attached hydrogens (tertiary/aromatic N) is 1. The monoisotopic (exact) mass is 223 g/mol. The standard InChI is InChI=1S/C11H13NO4/c1-14-11-4-8(5-12-13)2-3-10(11)16-7-9-6-15-9/h2-5,9,13H,6-7H2,1H3/b12-5+. The number of hydrogen-bond acceptors (Lipinski definition) is 5. The van der Waals surface area contributed by atoms with Crippen LogP contribution in [0.4, 0.5) is 0 Å². The zero-order valence-electron chi connectivity index (χ0n) is 8.92. The second-order valence-corrected chi connectivity index (χ2v) is 3.42. The molecule has 0 saturated carbocycles. The number of oxime groups is 1. The Hall–Kier alpha value is -1.75. The number of hydrogen-bond donors (Lipinski definition) is 1. The lowest BCUT2D eigenvalue weighted by Gasteiger charge is -2.09. The van der Waals surface area contributed by atoms with Crippen molar-refractivity contribution in [3.05, 3.63) is 23.8 Å². The highest BCUT2D eigenvalue weighted by atomic mass is 16.6. The average molecular weight is 223 g/mol. The van der Waals surface area contributed by atoms with E-state index in [1.807, 2.05) is 0 Å². The molecule has 1 N–H and O–H groups in total. The molecule has 1 fully saturated rings. The van der Waals surface area contributed by atoms with Crippen LogP contribution in [0.15, 0.2) is 23.4 Å². The highest BCUT2D eigenvalue weighted by molar-refractivity contribution is 5.80. The van der Waals surface area contributed by atoms with E-state index in [-0.39, 0.29) is 6.10 Å². The Morgan fingerprint density at radius 3 is 3.00 bits per heavy atom. The zero-order valence-corrected chi connectivity index (χ0v) is 8.92. The van der Waals surface area contributed by atoms with Crippen molar-refractivity contribution in [1.82, 2.24) is 0 Å². The van der Waals surface area contributed by atoms with Gasteiger partial charge in [0.05, 0.1) is 19.9 Å². The lowest BCUT2D eigenvalue weighted by molar-refractivity contribution is 0.252. The molecule has 2 rings (SSSR count). The van der Waals surface area contributed by atoms with Gasteiger partial charge in [-0.25, -0.2) is 0 Å². The Bertz CT molecular complexity index is 388. The fraction of sp³-hybridized carbons (Fsp3) is 0.364. The summed E-state index contributed by atoms with van der Waals surface area (Å²) in [7, 11) is 1.57. The van der Waals surface area contributed by atoms with Gasteiger partial charge in [-0.05, 0) is 18.2 Å². The van der Waals surface area contributed by atoms with Gasteiger partial charge in [0, 0.05) is 5.56 Å². The predicted molar refractivity (Wildman–Crippen MR) is 57.6 cm³/mol. The van der Waals surface area contributed by atoms with Gasteiger partial charge in [-0.15, -0.1) is 0 Å². The lowest BCUT2D eigenvalue weighted by Crippen LogP contribution is -2.05. The topological polar surface area (TPSA) is 63.6 Å². The SMILES string of the molecule is COc1cc(/C=N/O)ccc1OCC1CO1. The van der Waals surface area contributed by atoms with E-state index < -0.39 is 0 Å². The van der Waals surface area contributed by atoms with Crippen molar-refractivity contribution in [1.29, 1.82) is 0 Å². The molecule has 1 aliphatic heterocycles. The number of ether oxygens (including phenoxy) is 3. The highest BCUT2D eigenvalue weighted by Crippen LogP contribution is 2.28. The van der Waals surface area contributed by atoms with Gasteiger partial charge in [0.2, 0.25) is 0 Å². The molecule has 5 nitrogen and oxygen atoms in total. The van der Waals surface area contributed by atoms with Gasteiger partial charge in [-0.3, -0.25) is 0 Å². The molecule has 5 heteroatoms. The summed E-state index contributed by atoms with van der Waals surface area (Å²) in [6, 6.07) is 5.30. The van der Waals surface area contributed by atoms with Crippen LogP contribution in [0.1, 0.15) is 5.56 Å². The predicted octanol–water partition coefficient (Wildman–Crippen LogP) is 1.28. The summed E-state index contributed by atoms with van der Waals surface area (Å²) in [6.45, 7) is 1.29. The molecule has 1 unspecified atom stereocenters. The molecular formula is C11H13NO4. The van der Waals surface area contributed by atoms with Crippen molar-refractivity contribution in [2.24, 2.45) is 5.16 Å². The third-order valence-electron chi connectivity index (χ3n) is 2.22. The Morgan fingerprint density at radius 1 is 1.56 bits per heavy atom. The van der Waals surface area contributed by atoms with Crippen LogP contribution < -0.4 is 9.47 Å². The summed E-state index contributed by atoms with van der Waals surface area (Å²) < 4.78 is 15.7. The largest absolute Gasteiger partial charge is 0.493 e. The number of methoxy groups -OCH3 is 1. The van der Waals surface area contributed by atoms with Crippen molar-refractivity contribution in [3.63, 3.8) is 0 Å². The molecule has 0 amide bonds. The smallest absolute Gasteiger partial charge is 0.161 e. The van der Waals surface area contributed by atoms with Crippen molar-refractivity contribution < 1.29 is 19.4 Å². The lowest BCUT2D eigenvalue weighted by atomic mass is 10.2. The van der Waals surface area contributed by atoms with E-state index in [4.69, 9.17) is 19.4 Å². The molecule has 1 heterocycles. The Kier molecular flexibility index (Phi) is 3.26. The van der Waals surface area contributed by atoms with Crippen LogP contribution >= 0.6 is 0 Å². The van der Waals surface area contributed by atoms with Gasteiger partial charge in [0.1, 0.15) is 12.7 Å². The van der Waals surface area contributed by atoms with Crippen LogP contribution in [0.3, 0.4) is 0 Å². The molecule has 0 spiro atoms. The molecule has 0 bridgehead atoms. The molecule has 0 radical (unpaired) electrons. The van der Waals surface area contributed by atoms with Crippen molar-refractivity contribution in [2.75, 3.05) is 20.3 Å². The Morgan fingerprint density at radius 2 is 2.38 bits per heavy atom. The highest BCUT2D eigenvalue weighted by Gasteiger charge is 2.23. The molecular weight excluding hydrogens is 210 g/mol. The van der Waals surface area contributed by atoms with Crippen LogP contribution in [0.5, 0.6) is 11.5 Å². The van der Waals surface area contributed by atoms with E-state index >= 15 is 0 Å².